The van der Waals surface area contributed by atoms with E-state index in [2.05, 4.69) is 5.32 Å². The van der Waals surface area contributed by atoms with Gasteiger partial charge in [0, 0.05) is 28.2 Å². The summed E-state index contributed by atoms with van der Waals surface area (Å²) in [6, 6.07) is 5.09. The monoisotopic (exact) mass is 330 g/mol. The summed E-state index contributed by atoms with van der Waals surface area (Å²) < 4.78 is 5.74. The number of carbonyl (C=O) groups excluding carboxylic acids is 1. The Hall–Kier alpha value is -0.810. The Labute approximate surface area is 134 Å². The maximum Gasteiger partial charge on any atom is 0.251 e. The zero-order chi connectivity index (χ0) is 15.2. The third-order valence-corrected chi connectivity index (χ3v) is 4.02. The van der Waals surface area contributed by atoms with Gasteiger partial charge in [0.25, 0.3) is 5.91 Å². The third kappa shape index (κ3) is 5.47. The first-order chi connectivity index (χ1) is 10.0. The fraction of sp³-hybridized carbons (Fsp3) is 0.533. The molecule has 1 aliphatic rings. The van der Waals surface area contributed by atoms with Gasteiger partial charge in [-0.3, -0.25) is 4.79 Å². The van der Waals surface area contributed by atoms with Crippen molar-refractivity contribution < 1.29 is 9.53 Å². The summed E-state index contributed by atoms with van der Waals surface area (Å²) in [5.41, 5.74) is 6.30. The molecule has 1 amide bonds. The van der Waals surface area contributed by atoms with Crippen LogP contribution < -0.4 is 11.1 Å². The average molecular weight is 331 g/mol. The van der Waals surface area contributed by atoms with E-state index in [-0.39, 0.29) is 12.0 Å². The van der Waals surface area contributed by atoms with Crippen LogP contribution in [0.15, 0.2) is 18.2 Å². The highest BCUT2D eigenvalue weighted by Gasteiger charge is 2.18. The summed E-state index contributed by atoms with van der Waals surface area (Å²) in [5.74, 6) is -0.200. The second-order valence-electron chi connectivity index (χ2n) is 5.32. The summed E-state index contributed by atoms with van der Waals surface area (Å²) >= 11 is 11.7. The molecule has 2 rings (SSSR count). The predicted molar refractivity (Wildman–Crippen MR) is 85.0 cm³/mol. The van der Waals surface area contributed by atoms with Crippen LogP contribution >= 0.6 is 23.2 Å². The second kappa shape index (κ2) is 7.99. The molecule has 21 heavy (non-hydrogen) atoms. The molecular formula is C15H20Cl2N2O2. The normalized spacial score (nSPS) is 22.0. The largest absolute Gasteiger partial charge is 0.376 e. The minimum Gasteiger partial charge on any atom is -0.376 e. The van der Waals surface area contributed by atoms with Crippen molar-refractivity contribution in [3.8, 4) is 0 Å². The summed E-state index contributed by atoms with van der Waals surface area (Å²) in [7, 11) is 0. The molecular weight excluding hydrogens is 311 g/mol. The zero-order valence-corrected chi connectivity index (χ0v) is 13.3. The van der Waals surface area contributed by atoms with Crippen LogP contribution in [-0.2, 0) is 4.74 Å². The number of hydrogen-bond donors (Lipinski definition) is 2. The van der Waals surface area contributed by atoms with Gasteiger partial charge in [0.2, 0.25) is 0 Å². The van der Waals surface area contributed by atoms with Gasteiger partial charge in [0.15, 0.2) is 0 Å². The number of ether oxygens (including phenoxy) is 1. The van der Waals surface area contributed by atoms with Crippen molar-refractivity contribution in [2.45, 2.75) is 37.8 Å². The van der Waals surface area contributed by atoms with Crippen LogP contribution in [0.5, 0.6) is 0 Å². The van der Waals surface area contributed by atoms with Crippen molar-refractivity contribution in [2.24, 2.45) is 5.73 Å². The number of halogens is 2. The number of nitrogens with one attached hydrogen (secondary N) is 1. The first-order valence-corrected chi connectivity index (χ1v) is 7.91. The predicted octanol–water partition coefficient (Wildman–Crippen LogP) is 3.01. The van der Waals surface area contributed by atoms with Crippen molar-refractivity contribution in [1.29, 1.82) is 0 Å². The molecule has 0 saturated heterocycles. The van der Waals surface area contributed by atoms with Crippen molar-refractivity contribution in [1.82, 2.24) is 5.32 Å². The zero-order valence-electron chi connectivity index (χ0n) is 11.8. The summed E-state index contributed by atoms with van der Waals surface area (Å²) in [6.45, 7) is 0.964. The lowest BCUT2D eigenvalue weighted by atomic mass is 9.94. The van der Waals surface area contributed by atoms with E-state index in [4.69, 9.17) is 33.7 Å². The van der Waals surface area contributed by atoms with Gasteiger partial charge < -0.3 is 15.8 Å². The van der Waals surface area contributed by atoms with Crippen LogP contribution in [0.4, 0.5) is 0 Å². The fourth-order valence-electron chi connectivity index (χ4n) is 2.43. The van der Waals surface area contributed by atoms with E-state index >= 15 is 0 Å². The third-order valence-electron chi connectivity index (χ3n) is 3.58. The topological polar surface area (TPSA) is 64.3 Å². The Bertz CT molecular complexity index is 468. The highest BCUT2D eigenvalue weighted by atomic mass is 35.5. The lowest BCUT2D eigenvalue weighted by molar-refractivity contribution is 0.0267. The van der Waals surface area contributed by atoms with Crippen LogP contribution in [0.25, 0.3) is 0 Å². The van der Waals surface area contributed by atoms with E-state index in [9.17, 15) is 4.79 Å². The number of nitrogens with two attached hydrogens (primary N) is 1. The van der Waals surface area contributed by atoms with E-state index in [0.717, 1.165) is 25.7 Å². The highest BCUT2D eigenvalue weighted by molar-refractivity contribution is 6.35. The van der Waals surface area contributed by atoms with Crippen molar-refractivity contribution >= 4 is 29.1 Å². The summed E-state index contributed by atoms with van der Waals surface area (Å²) in [6.07, 6.45) is 4.29. The van der Waals surface area contributed by atoms with E-state index in [1.54, 1.807) is 18.2 Å². The SMILES string of the molecule is NC1CCC(OCCNC(=O)c2cc(Cl)cc(Cl)c2)CC1. The smallest absolute Gasteiger partial charge is 0.251 e. The second-order valence-corrected chi connectivity index (χ2v) is 6.19. The van der Waals surface area contributed by atoms with Crippen molar-refractivity contribution in [3.05, 3.63) is 33.8 Å². The Morgan fingerprint density at radius 3 is 2.43 bits per heavy atom. The van der Waals surface area contributed by atoms with Gasteiger partial charge in [-0.2, -0.15) is 0 Å². The van der Waals surface area contributed by atoms with Gasteiger partial charge in [0.1, 0.15) is 0 Å². The molecule has 116 valence electrons. The average Bonchev–Trinajstić information content (AvgIpc) is 2.44. The van der Waals surface area contributed by atoms with Crippen LogP contribution in [0.3, 0.4) is 0 Å². The molecule has 0 spiro atoms. The van der Waals surface area contributed by atoms with Gasteiger partial charge in [-0.1, -0.05) is 23.2 Å². The number of rotatable bonds is 5. The molecule has 1 aromatic rings. The number of amides is 1. The molecule has 0 atom stereocenters. The van der Waals surface area contributed by atoms with E-state index in [1.165, 1.54) is 0 Å². The minimum absolute atomic E-state index is 0.200. The van der Waals surface area contributed by atoms with Gasteiger partial charge in [-0.05, 0) is 43.9 Å². The van der Waals surface area contributed by atoms with Crippen molar-refractivity contribution in [3.63, 3.8) is 0 Å². The first kappa shape index (κ1) is 16.6. The summed E-state index contributed by atoms with van der Waals surface area (Å²) in [5, 5.41) is 3.69. The molecule has 1 fully saturated rings. The molecule has 3 N–H and O–H groups in total. The molecule has 6 heteroatoms. The fourth-order valence-corrected chi connectivity index (χ4v) is 2.96. The Kier molecular flexibility index (Phi) is 6.30. The molecule has 0 heterocycles. The van der Waals surface area contributed by atoms with Crippen molar-refractivity contribution in [2.75, 3.05) is 13.2 Å². The Morgan fingerprint density at radius 2 is 1.81 bits per heavy atom. The molecule has 0 aliphatic heterocycles. The van der Waals surface area contributed by atoms with Crippen LogP contribution in [0.1, 0.15) is 36.0 Å². The lowest BCUT2D eigenvalue weighted by Crippen LogP contribution is -2.33. The lowest BCUT2D eigenvalue weighted by Gasteiger charge is -2.26. The Morgan fingerprint density at radius 1 is 1.19 bits per heavy atom. The molecule has 1 aromatic carbocycles. The minimum atomic E-state index is -0.200. The van der Waals surface area contributed by atoms with Crippen LogP contribution in [0, 0.1) is 0 Å². The molecule has 0 unspecified atom stereocenters. The maximum atomic E-state index is 11.9. The van der Waals surface area contributed by atoms with Crippen LogP contribution in [-0.4, -0.2) is 31.2 Å². The molecule has 0 aromatic heterocycles. The molecule has 1 saturated carbocycles. The molecule has 0 radical (unpaired) electrons. The van der Waals surface area contributed by atoms with E-state index in [1.807, 2.05) is 0 Å². The van der Waals surface area contributed by atoms with E-state index in [0.29, 0.717) is 34.8 Å². The molecule has 1 aliphatic carbocycles. The van der Waals surface area contributed by atoms with Gasteiger partial charge >= 0.3 is 0 Å². The highest BCUT2D eigenvalue weighted by Crippen LogP contribution is 2.20. The quantitative estimate of drug-likeness (QED) is 0.815. The Balaban J connectivity index is 1.69. The maximum absolute atomic E-state index is 11.9. The van der Waals surface area contributed by atoms with Gasteiger partial charge in [-0.15, -0.1) is 0 Å². The summed E-state index contributed by atoms with van der Waals surface area (Å²) in [4.78, 5) is 11.9. The van der Waals surface area contributed by atoms with Gasteiger partial charge in [0.05, 0.1) is 12.7 Å². The van der Waals surface area contributed by atoms with E-state index < -0.39 is 0 Å². The van der Waals surface area contributed by atoms with Gasteiger partial charge in [-0.25, -0.2) is 0 Å². The number of benzene rings is 1. The number of hydrogen-bond acceptors (Lipinski definition) is 3. The van der Waals surface area contributed by atoms with Crippen LogP contribution in [0.2, 0.25) is 10.0 Å². The molecule has 0 bridgehead atoms. The standard InChI is InChI=1S/C15H20Cl2N2O2/c16-11-7-10(8-12(17)9-11)15(20)19-5-6-21-14-3-1-13(18)2-4-14/h7-9,13-14H,1-6,18H2,(H,19,20). The first-order valence-electron chi connectivity index (χ1n) is 7.16. The number of carbonyl (C=O) groups is 1. The molecule has 4 nitrogen and oxygen atoms in total.